The minimum atomic E-state index is -3.87. The van der Waals surface area contributed by atoms with Gasteiger partial charge in [-0.3, -0.25) is 4.55 Å². The van der Waals surface area contributed by atoms with Gasteiger partial charge in [-0.25, -0.2) is 0 Å². The molecule has 0 aliphatic heterocycles. The van der Waals surface area contributed by atoms with E-state index in [1.54, 1.807) is 0 Å². The Hall–Kier alpha value is 0.220. The van der Waals surface area contributed by atoms with Crippen LogP contribution in [0.5, 0.6) is 0 Å². The van der Waals surface area contributed by atoms with Gasteiger partial charge in [-0.15, -0.1) is 0 Å². The van der Waals surface area contributed by atoms with E-state index in [0.29, 0.717) is 28.5 Å². The summed E-state index contributed by atoms with van der Waals surface area (Å²) < 4.78 is 29.8. The van der Waals surface area contributed by atoms with Crippen molar-refractivity contribution in [3.63, 3.8) is 0 Å². The third-order valence-corrected chi connectivity index (χ3v) is 7.57. The van der Waals surface area contributed by atoms with Crippen molar-refractivity contribution < 1.29 is 13.0 Å². The molecule has 4 saturated carbocycles. The van der Waals surface area contributed by atoms with Crippen molar-refractivity contribution in [1.82, 2.24) is 5.32 Å². The average Bonchev–Trinajstić information content (AvgIpc) is 2.30. The lowest BCUT2D eigenvalue weighted by Crippen LogP contribution is -2.47. The Balaban J connectivity index is 1.38. The van der Waals surface area contributed by atoms with Crippen LogP contribution in [0.15, 0.2) is 0 Å². The third kappa shape index (κ3) is 3.70. The molecule has 0 saturated heterocycles. The van der Waals surface area contributed by atoms with Crippen molar-refractivity contribution in [3.8, 4) is 0 Å². The van der Waals surface area contributed by atoms with Gasteiger partial charge in [0, 0.05) is 12.3 Å². The second-order valence-corrected chi connectivity index (χ2v) is 10.6. The van der Waals surface area contributed by atoms with Crippen LogP contribution >= 0.6 is 10.8 Å². The van der Waals surface area contributed by atoms with E-state index < -0.39 is 9.15 Å². The Bertz CT molecular complexity index is 414. The average molecular weight is 319 g/mol. The van der Waals surface area contributed by atoms with E-state index in [2.05, 4.69) is 5.32 Å². The van der Waals surface area contributed by atoms with Gasteiger partial charge in [0.15, 0.2) is 0 Å². The van der Waals surface area contributed by atoms with E-state index >= 15 is 0 Å². The summed E-state index contributed by atoms with van der Waals surface area (Å²) in [5, 5.41) is 3.34. The maximum atomic E-state index is 10.6. The standard InChI is InChI=1S/C14H25NO3S2/c16-20(17,18)19-4-3-15-2-1-14-8-11-5-12(9-14)7-13(6-11)10-14/h11-13,15H,1-10H2,(H,16,17,18). The monoisotopic (exact) mass is 319 g/mol. The first-order valence-electron chi connectivity index (χ1n) is 7.77. The second kappa shape index (κ2) is 5.78. The number of hydrogen-bond donors (Lipinski definition) is 2. The molecular formula is C14H25NO3S2. The van der Waals surface area contributed by atoms with Gasteiger partial charge in [-0.2, -0.15) is 8.42 Å². The zero-order valence-electron chi connectivity index (χ0n) is 11.9. The molecule has 0 radical (unpaired) electrons. The molecule has 0 unspecified atom stereocenters. The first kappa shape index (κ1) is 15.1. The molecule has 4 rings (SSSR count). The first-order valence-corrected chi connectivity index (χ1v) is 10.7. The molecule has 4 aliphatic carbocycles. The largest absolute Gasteiger partial charge is 0.319 e. The van der Waals surface area contributed by atoms with Gasteiger partial charge < -0.3 is 5.32 Å². The molecule has 0 amide bonds. The van der Waals surface area contributed by atoms with E-state index in [1.807, 2.05) is 0 Å². The normalized spacial score (nSPS) is 39.4. The zero-order chi connectivity index (χ0) is 14.2. The molecule has 4 nitrogen and oxygen atoms in total. The summed E-state index contributed by atoms with van der Waals surface area (Å²) in [4.78, 5) is 0. The van der Waals surface area contributed by atoms with Gasteiger partial charge in [-0.05, 0) is 85.5 Å². The molecule has 0 aromatic heterocycles. The Morgan fingerprint density at radius 1 is 1.05 bits per heavy atom. The van der Waals surface area contributed by atoms with Crippen molar-refractivity contribution in [2.24, 2.45) is 23.2 Å². The molecule has 2 N–H and O–H groups in total. The number of hydrogen-bond acceptors (Lipinski definition) is 4. The van der Waals surface area contributed by atoms with Gasteiger partial charge in [0.1, 0.15) is 0 Å². The molecule has 4 bridgehead atoms. The van der Waals surface area contributed by atoms with Gasteiger partial charge in [0.05, 0.1) is 0 Å². The fourth-order valence-electron chi connectivity index (χ4n) is 5.29. The molecule has 0 spiro atoms. The van der Waals surface area contributed by atoms with E-state index in [9.17, 15) is 8.42 Å². The molecule has 6 heteroatoms. The topological polar surface area (TPSA) is 66.4 Å². The van der Waals surface area contributed by atoms with Crippen LogP contribution in [0.3, 0.4) is 0 Å². The van der Waals surface area contributed by atoms with Crippen LogP contribution < -0.4 is 5.32 Å². The Morgan fingerprint density at radius 3 is 2.10 bits per heavy atom. The molecule has 116 valence electrons. The maximum Gasteiger partial charge on any atom is 0.319 e. The highest BCUT2D eigenvalue weighted by Crippen LogP contribution is 2.61. The van der Waals surface area contributed by atoms with E-state index in [-0.39, 0.29) is 0 Å². The fourth-order valence-corrected chi connectivity index (χ4v) is 6.61. The summed E-state index contributed by atoms with van der Waals surface area (Å²) >= 11 is 0. The lowest BCUT2D eigenvalue weighted by atomic mass is 9.49. The van der Waals surface area contributed by atoms with Gasteiger partial charge in [0.25, 0.3) is 0 Å². The van der Waals surface area contributed by atoms with Crippen LogP contribution in [0.1, 0.15) is 44.9 Å². The smallest absolute Gasteiger partial charge is 0.316 e. The molecule has 0 atom stereocenters. The van der Waals surface area contributed by atoms with Crippen LogP contribution in [0.25, 0.3) is 0 Å². The summed E-state index contributed by atoms with van der Waals surface area (Å²) in [6.07, 6.45) is 9.99. The molecular weight excluding hydrogens is 294 g/mol. The van der Waals surface area contributed by atoms with Crippen LogP contribution in [0, 0.1) is 23.2 Å². The van der Waals surface area contributed by atoms with Crippen molar-refractivity contribution in [2.75, 3.05) is 18.8 Å². The summed E-state index contributed by atoms with van der Waals surface area (Å²) in [5.41, 5.74) is 0.595. The van der Waals surface area contributed by atoms with Crippen molar-refractivity contribution >= 4 is 19.9 Å². The SMILES string of the molecule is O=S(=O)(O)SCCNCCC12CC3CC(CC(C3)C1)C2. The lowest BCUT2D eigenvalue weighted by Gasteiger charge is -2.57. The minimum Gasteiger partial charge on any atom is -0.316 e. The van der Waals surface area contributed by atoms with Crippen LogP contribution in [-0.2, 0) is 9.15 Å². The van der Waals surface area contributed by atoms with Crippen LogP contribution in [0.2, 0.25) is 0 Å². The van der Waals surface area contributed by atoms with E-state index in [1.165, 1.54) is 44.9 Å². The summed E-state index contributed by atoms with van der Waals surface area (Å²) in [7, 11) is -3.26. The molecule has 20 heavy (non-hydrogen) atoms. The Morgan fingerprint density at radius 2 is 1.60 bits per heavy atom. The predicted molar refractivity (Wildman–Crippen MR) is 82.1 cm³/mol. The second-order valence-electron chi connectivity index (χ2n) is 7.17. The molecule has 0 heterocycles. The van der Waals surface area contributed by atoms with Gasteiger partial charge >= 0.3 is 9.15 Å². The van der Waals surface area contributed by atoms with Crippen molar-refractivity contribution in [1.29, 1.82) is 0 Å². The summed E-state index contributed by atoms with van der Waals surface area (Å²) in [6, 6.07) is 0. The van der Waals surface area contributed by atoms with Crippen LogP contribution in [-0.4, -0.2) is 31.8 Å². The van der Waals surface area contributed by atoms with Gasteiger partial charge in [-0.1, -0.05) is 0 Å². The fraction of sp³-hybridized carbons (Fsp3) is 1.00. The van der Waals surface area contributed by atoms with E-state index in [4.69, 9.17) is 4.55 Å². The molecule has 4 aliphatic rings. The van der Waals surface area contributed by atoms with Gasteiger partial charge in [0.2, 0.25) is 0 Å². The van der Waals surface area contributed by atoms with Crippen molar-refractivity contribution in [2.45, 2.75) is 44.9 Å². The molecule has 0 aromatic rings. The molecule has 4 fully saturated rings. The number of nitrogens with one attached hydrogen (secondary N) is 1. The highest BCUT2D eigenvalue weighted by Gasteiger charge is 2.50. The van der Waals surface area contributed by atoms with Crippen LogP contribution in [0.4, 0.5) is 0 Å². The van der Waals surface area contributed by atoms with Crippen molar-refractivity contribution in [3.05, 3.63) is 0 Å². The Labute approximate surface area is 125 Å². The third-order valence-electron chi connectivity index (χ3n) is 5.51. The molecule has 0 aromatic carbocycles. The maximum absolute atomic E-state index is 10.6. The highest BCUT2D eigenvalue weighted by molar-refractivity contribution is 8.69. The predicted octanol–water partition coefficient (Wildman–Crippen LogP) is 2.72. The lowest BCUT2D eigenvalue weighted by molar-refractivity contribution is -0.0566. The highest BCUT2D eigenvalue weighted by atomic mass is 33.1. The zero-order valence-corrected chi connectivity index (χ0v) is 13.5. The summed E-state index contributed by atoms with van der Waals surface area (Å²) in [5.74, 6) is 3.41. The first-order chi connectivity index (χ1) is 9.44. The number of rotatable bonds is 7. The van der Waals surface area contributed by atoms with E-state index in [0.717, 1.165) is 24.3 Å². The minimum absolute atomic E-state index is 0.416. The summed E-state index contributed by atoms with van der Waals surface area (Å²) in [6.45, 7) is 1.63. The Kier molecular flexibility index (Phi) is 4.37. The quantitative estimate of drug-likeness (QED) is 0.429.